The quantitative estimate of drug-likeness (QED) is 0.543. The summed E-state index contributed by atoms with van der Waals surface area (Å²) in [4.78, 5) is 19.8. The molecule has 1 heterocycles. The minimum absolute atomic E-state index is 0.00418. The maximum atomic E-state index is 14.4. The number of carbonyl (C=O) groups excluding carboxylic acids is 1. The highest BCUT2D eigenvalue weighted by molar-refractivity contribution is 5.75. The van der Waals surface area contributed by atoms with Crippen LogP contribution in [-0.2, 0) is 17.3 Å². The molecule has 3 rings (SSSR count). The van der Waals surface area contributed by atoms with E-state index < -0.39 is 35.3 Å². The lowest BCUT2D eigenvalue weighted by atomic mass is 10.0. The van der Waals surface area contributed by atoms with E-state index in [4.69, 9.17) is 4.74 Å². The van der Waals surface area contributed by atoms with Gasteiger partial charge in [-0.05, 0) is 50.6 Å². The van der Waals surface area contributed by atoms with E-state index >= 15 is 0 Å². The van der Waals surface area contributed by atoms with E-state index in [1.54, 1.807) is 45.0 Å². The molecule has 1 unspecified atom stereocenters. The van der Waals surface area contributed by atoms with Crippen molar-refractivity contribution in [1.29, 1.82) is 0 Å². The summed E-state index contributed by atoms with van der Waals surface area (Å²) in [6.07, 6.45) is -5.52. The maximum Gasteiger partial charge on any atom is 0.416 e. The highest BCUT2D eigenvalue weighted by Gasteiger charge is 2.32. The Hall–Kier alpha value is -3.10. The Morgan fingerprint density at radius 3 is 2.47 bits per heavy atom. The molecule has 0 saturated heterocycles. The molecule has 0 fully saturated rings. The lowest BCUT2D eigenvalue weighted by Crippen LogP contribution is -2.36. The van der Waals surface area contributed by atoms with Gasteiger partial charge in [0, 0.05) is 6.42 Å². The molecule has 30 heavy (non-hydrogen) atoms. The topological polar surface area (TPSA) is 67.0 Å². The first-order chi connectivity index (χ1) is 13.9. The second-order valence-corrected chi connectivity index (χ2v) is 7.85. The minimum Gasteiger partial charge on any atom is -0.444 e. The van der Waals surface area contributed by atoms with Gasteiger partial charge >= 0.3 is 12.3 Å². The summed E-state index contributed by atoms with van der Waals surface area (Å²) in [5.41, 5.74) is -0.497. The fraction of sp³-hybridized carbons (Fsp3) is 0.333. The molecule has 5 nitrogen and oxygen atoms in total. The van der Waals surface area contributed by atoms with Crippen molar-refractivity contribution in [3.05, 3.63) is 65.2 Å². The lowest BCUT2D eigenvalue weighted by Gasteiger charge is -2.23. The van der Waals surface area contributed by atoms with Crippen LogP contribution in [0.3, 0.4) is 0 Å². The van der Waals surface area contributed by atoms with Gasteiger partial charge < -0.3 is 15.0 Å². The number of ether oxygens (including phenoxy) is 1. The van der Waals surface area contributed by atoms with Gasteiger partial charge in [0.2, 0.25) is 0 Å². The van der Waals surface area contributed by atoms with E-state index in [0.717, 1.165) is 12.1 Å². The number of H-pyrrole nitrogens is 1. The van der Waals surface area contributed by atoms with Crippen molar-refractivity contribution in [3.8, 4) is 0 Å². The van der Waals surface area contributed by atoms with Gasteiger partial charge in [0.1, 0.15) is 17.2 Å². The van der Waals surface area contributed by atoms with Crippen molar-refractivity contribution >= 4 is 17.1 Å². The third kappa shape index (κ3) is 5.28. The van der Waals surface area contributed by atoms with Crippen molar-refractivity contribution in [2.24, 2.45) is 0 Å². The van der Waals surface area contributed by atoms with E-state index in [2.05, 4.69) is 15.3 Å². The van der Waals surface area contributed by atoms with Crippen molar-refractivity contribution in [1.82, 2.24) is 15.3 Å². The molecular formula is C21H21F4N3O2. The monoisotopic (exact) mass is 423 g/mol. The second kappa shape index (κ2) is 7.97. The standard InChI is InChI=1S/C21H21F4N3O2/c1-20(2,3)30-19(29)28-17(18-26-15-6-4-5-7-16(15)27-18)10-12-8-9-13(11-14(12)22)21(23,24)25/h4-9,11,17H,10H2,1-3H3,(H,26,27)(H,28,29). The molecule has 2 aromatic carbocycles. The molecule has 160 valence electrons. The van der Waals surface area contributed by atoms with Gasteiger partial charge in [-0.15, -0.1) is 0 Å². The molecule has 0 aliphatic heterocycles. The second-order valence-electron chi connectivity index (χ2n) is 7.85. The van der Waals surface area contributed by atoms with E-state index in [1.165, 1.54) is 0 Å². The summed E-state index contributed by atoms with van der Waals surface area (Å²) < 4.78 is 58.1. The Morgan fingerprint density at radius 1 is 1.17 bits per heavy atom. The summed E-state index contributed by atoms with van der Waals surface area (Å²) in [6, 6.07) is 8.60. The lowest BCUT2D eigenvalue weighted by molar-refractivity contribution is -0.137. The van der Waals surface area contributed by atoms with Crippen LogP contribution in [0, 0.1) is 5.82 Å². The van der Waals surface area contributed by atoms with Crippen LogP contribution >= 0.6 is 0 Å². The number of para-hydroxylation sites is 2. The van der Waals surface area contributed by atoms with Gasteiger partial charge in [0.05, 0.1) is 22.6 Å². The summed E-state index contributed by atoms with van der Waals surface area (Å²) in [5, 5.41) is 2.63. The van der Waals surface area contributed by atoms with Crippen molar-refractivity contribution in [3.63, 3.8) is 0 Å². The summed E-state index contributed by atoms with van der Waals surface area (Å²) in [5.74, 6) is -0.682. The number of aromatic nitrogens is 2. The number of nitrogens with one attached hydrogen (secondary N) is 2. The number of alkyl halides is 3. The zero-order valence-corrected chi connectivity index (χ0v) is 16.6. The molecule has 0 saturated carbocycles. The van der Waals surface area contributed by atoms with Crippen LogP contribution < -0.4 is 5.32 Å². The fourth-order valence-electron chi connectivity index (χ4n) is 2.91. The van der Waals surface area contributed by atoms with Crippen LogP contribution in [0.15, 0.2) is 42.5 Å². The van der Waals surface area contributed by atoms with Crippen molar-refractivity contribution in [2.45, 2.75) is 45.0 Å². The molecular weight excluding hydrogens is 402 g/mol. The van der Waals surface area contributed by atoms with Crippen LogP contribution in [0.2, 0.25) is 0 Å². The molecule has 0 spiro atoms. The average Bonchev–Trinajstić information content (AvgIpc) is 3.04. The smallest absolute Gasteiger partial charge is 0.416 e. The number of nitrogens with zero attached hydrogens (tertiary/aromatic N) is 1. The van der Waals surface area contributed by atoms with Gasteiger partial charge in [0.15, 0.2) is 0 Å². The first-order valence-electron chi connectivity index (χ1n) is 9.22. The number of benzene rings is 2. The summed E-state index contributed by atoms with van der Waals surface area (Å²) in [6.45, 7) is 5.08. The molecule has 0 radical (unpaired) electrons. The van der Waals surface area contributed by atoms with E-state index in [-0.39, 0.29) is 12.0 Å². The number of imidazole rings is 1. The average molecular weight is 423 g/mol. The normalized spacial score (nSPS) is 13.3. The Morgan fingerprint density at radius 2 is 1.87 bits per heavy atom. The molecule has 0 aliphatic carbocycles. The van der Waals surface area contributed by atoms with Crippen molar-refractivity contribution < 1.29 is 27.1 Å². The van der Waals surface area contributed by atoms with E-state index in [1.807, 2.05) is 0 Å². The van der Waals surface area contributed by atoms with Crippen molar-refractivity contribution in [2.75, 3.05) is 0 Å². The summed E-state index contributed by atoms with van der Waals surface area (Å²) in [7, 11) is 0. The SMILES string of the molecule is CC(C)(C)OC(=O)NC(Cc1ccc(C(F)(F)F)cc1F)c1nc2ccccc2[nH]1. The van der Waals surface area contributed by atoms with Gasteiger partial charge in [-0.3, -0.25) is 0 Å². The first kappa shape index (κ1) is 21.6. The molecule has 0 bridgehead atoms. The largest absolute Gasteiger partial charge is 0.444 e. The predicted octanol–water partition coefficient (Wildman–Crippen LogP) is 5.53. The van der Waals surface area contributed by atoms with E-state index in [9.17, 15) is 22.4 Å². The maximum absolute atomic E-state index is 14.4. The van der Waals surface area contributed by atoms with E-state index in [0.29, 0.717) is 22.9 Å². The number of hydrogen-bond acceptors (Lipinski definition) is 3. The molecule has 0 aliphatic rings. The van der Waals surface area contributed by atoms with Gasteiger partial charge in [-0.1, -0.05) is 18.2 Å². The zero-order chi connectivity index (χ0) is 22.1. The Kier molecular flexibility index (Phi) is 5.74. The number of rotatable bonds is 4. The molecule has 2 N–H and O–H groups in total. The first-order valence-corrected chi connectivity index (χ1v) is 9.22. The Labute approximate surface area is 170 Å². The van der Waals surface area contributed by atoms with Crippen LogP contribution in [-0.4, -0.2) is 21.7 Å². The fourth-order valence-corrected chi connectivity index (χ4v) is 2.91. The highest BCUT2D eigenvalue weighted by Crippen LogP contribution is 2.31. The predicted molar refractivity (Wildman–Crippen MR) is 103 cm³/mol. The third-order valence-corrected chi connectivity index (χ3v) is 4.23. The van der Waals surface area contributed by atoms with Gasteiger partial charge in [0.25, 0.3) is 0 Å². The van der Waals surface area contributed by atoms with Crippen LogP contribution in [0.25, 0.3) is 11.0 Å². The molecule has 1 atom stereocenters. The Bertz CT molecular complexity index is 1020. The number of fused-ring (bicyclic) bond motifs is 1. The molecule has 9 heteroatoms. The number of amides is 1. The van der Waals surface area contributed by atoms with Crippen LogP contribution in [0.5, 0.6) is 0 Å². The number of aromatic amines is 1. The number of alkyl carbamates (subject to hydrolysis) is 1. The Balaban J connectivity index is 1.92. The van der Waals surface area contributed by atoms with Crippen LogP contribution in [0.1, 0.15) is 43.8 Å². The number of halogens is 4. The molecule has 3 aromatic rings. The zero-order valence-electron chi connectivity index (χ0n) is 16.6. The van der Waals surface area contributed by atoms with Crippen LogP contribution in [0.4, 0.5) is 22.4 Å². The third-order valence-electron chi connectivity index (χ3n) is 4.23. The molecule has 1 aromatic heterocycles. The highest BCUT2D eigenvalue weighted by atomic mass is 19.4. The molecule has 1 amide bonds. The summed E-state index contributed by atoms with van der Waals surface area (Å²) >= 11 is 0. The minimum atomic E-state index is -4.65. The van der Waals surface area contributed by atoms with Gasteiger partial charge in [-0.25, -0.2) is 14.2 Å². The number of carbonyl (C=O) groups is 1. The number of hydrogen-bond donors (Lipinski definition) is 2. The van der Waals surface area contributed by atoms with Gasteiger partial charge in [-0.2, -0.15) is 13.2 Å².